The fourth-order valence-electron chi connectivity index (χ4n) is 3.73. The summed E-state index contributed by atoms with van der Waals surface area (Å²) in [5.74, 6) is 2.24. The number of anilines is 1. The van der Waals surface area contributed by atoms with E-state index < -0.39 is 0 Å². The number of amides is 1. The van der Waals surface area contributed by atoms with E-state index in [9.17, 15) is 4.79 Å². The van der Waals surface area contributed by atoms with Crippen LogP contribution in [0.25, 0.3) is 0 Å². The molecule has 3 aliphatic rings. The van der Waals surface area contributed by atoms with Crippen LogP contribution in [0, 0.1) is 0 Å². The second-order valence-electron chi connectivity index (χ2n) is 6.21. The molecule has 0 unspecified atom stereocenters. The lowest BCUT2D eigenvalue weighted by Crippen LogP contribution is -2.42. The third kappa shape index (κ3) is 2.65. The second-order valence-corrected chi connectivity index (χ2v) is 8.20. The van der Waals surface area contributed by atoms with Crippen LogP contribution in [0.1, 0.15) is 12.0 Å². The molecular formula is C16H20BrN3OS. The molecule has 4 rings (SSSR count). The van der Waals surface area contributed by atoms with Gasteiger partial charge in [-0.25, -0.2) is 0 Å². The van der Waals surface area contributed by atoms with E-state index in [4.69, 9.17) is 0 Å². The Morgan fingerprint density at radius 1 is 1.36 bits per heavy atom. The van der Waals surface area contributed by atoms with Crippen molar-refractivity contribution in [2.24, 2.45) is 0 Å². The Labute approximate surface area is 143 Å². The maximum atomic E-state index is 12.5. The van der Waals surface area contributed by atoms with Crippen LogP contribution in [0.15, 0.2) is 22.7 Å². The van der Waals surface area contributed by atoms with E-state index in [1.807, 2.05) is 16.7 Å². The first-order chi connectivity index (χ1) is 10.7. The average Bonchev–Trinajstić information content (AvgIpc) is 3.25. The molecule has 0 aliphatic carbocycles. The van der Waals surface area contributed by atoms with Gasteiger partial charge in [0.05, 0.1) is 11.9 Å². The zero-order valence-electron chi connectivity index (χ0n) is 12.4. The summed E-state index contributed by atoms with van der Waals surface area (Å²) in [6.07, 6.45) is 2.03. The Bertz CT molecular complexity index is 591. The predicted octanol–water partition coefficient (Wildman–Crippen LogP) is 2.07. The highest BCUT2D eigenvalue weighted by atomic mass is 79.9. The van der Waals surface area contributed by atoms with Crippen molar-refractivity contribution in [2.75, 3.05) is 36.2 Å². The van der Waals surface area contributed by atoms with Crippen LogP contribution in [-0.2, 0) is 11.2 Å². The summed E-state index contributed by atoms with van der Waals surface area (Å²) < 4.78 is 1.15. The first-order valence-electron chi connectivity index (χ1n) is 7.87. The standard InChI is InChI=1S/C16H20BrN3OS/c17-12-1-2-15-11(7-12)3-4-20(15)13-8-14(18-9-13)16(21)19-5-6-22-10-19/h1-2,7,13-14,18H,3-6,8-10H2/t13-,14-/m0/s1. The van der Waals surface area contributed by atoms with Gasteiger partial charge in [0.15, 0.2) is 0 Å². The Morgan fingerprint density at radius 2 is 2.27 bits per heavy atom. The smallest absolute Gasteiger partial charge is 0.240 e. The second kappa shape index (κ2) is 6.06. The number of benzene rings is 1. The molecule has 1 N–H and O–H groups in total. The molecule has 1 aromatic carbocycles. The highest BCUT2D eigenvalue weighted by Crippen LogP contribution is 2.34. The van der Waals surface area contributed by atoms with Crippen molar-refractivity contribution < 1.29 is 4.79 Å². The van der Waals surface area contributed by atoms with Crippen molar-refractivity contribution in [3.8, 4) is 0 Å². The molecule has 0 radical (unpaired) electrons. The van der Waals surface area contributed by atoms with Gasteiger partial charge in [0.1, 0.15) is 0 Å². The van der Waals surface area contributed by atoms with Crippen molar-refractivity contribution in [3.05, 3.63) is 28.2 Å². The predicted molar refractivity (Wildman–Crippen MR) is 94.4 cm³/mol. The lowest BCUT2D eigenvalue weighted by molar-refractivity contribution is -0.131. The monoisotopic (exact) mass is 381 g/mol. The lowest BCUT2D eigenvalue weighted by Gasteiger charge is -2.26. The third-order valence-corrected chi connectivity index (χ3v) is 6.34. The van der Waals surface area contributed by atoms with Gasteiger partial charge in [-0.05, 0) is 36.6 Å². The van der Waals surface area contributed by atoms with E-state index in [0.717, 1.165) is 48.6 Å². The largest absolute Gasteiger partial charge is 0.367 e. The topological polar surface area (TPSA) is 35.6 Å². The van der Waals surface area contributed by atoms with Gasteiger partial charge in [-0.15, -0.1) is 11.8 Å². The number of nitrogens with one attached hydrogen (secondary N) is 1. The number of fused-ring (bicyclic) bond motifs is 1. The van der Waals surface area contributed by atoms with Crippen LogP contribution in [-0.4, -0.2) is 54.2 Å². The molecule has 2 fully saturated rings. The molecule has 3 heterocycles. The van der Waals surface area contributed by atoms with Crippen LogP contribution in [0.2, 0.25) is 0 Å². The molecule has 0 aromatic heterocycles. The molecule has 2 saturated heterocycles. The highest BCUT2D eigenvalue weighted by Gasteiger charge is 2.37. The Kier molecular flexibility index (Phi) is 4.09. The summed E-state index contributed by atoms with van der Waals surface area (Å²) >= 11 is 5.40. The van der Waals surface area contributed by atoms with Gasteiger partial charge in [-0.3, -0.25) is 4.79 Å². The van der Waals surface area contributed by atoms with Crippen LogP contribution >= 0.6 is 27.7 Å². The van der Waals surface area contributed by atoms with Crippen molar-refractivity contribution in [1.82, 2.24) is 10.2 Å². The van der Waals surface area contributed by atoms with E-state index in [2.05, 4.69) is 44.3 Å². The minimum absolute atomic E-state index is 0.00296. The zero-order chi connectivity index (χ0) is 15.1. The summed E-state index contributed by atoms with van der Waals surface area (Å²) in [5, 5.41) is 3.45. The fraction of sp³-hybridized carbons (Fsp3) is 0.562. The lowest BCUT2D eigenvalue weighted by atomic mass is 10.1. The summed E-state index contributed by atoms with van der Waals surface area (Å²) in [5.41, 5.74) is 2.76. The van der Waals surface area contributed by atoms with E-state index in [1.165, 1.54) is 11.3 Å². The number of halogens is 1. The maximum Gasteiger partial charge on any atom is 0.240 e. The number of carbonyl (C=O) groups excluding carboxylic acids is 1. The van der Waals surface area contributed by atoms with Gasteiger partial charge in [-0.2, -0.15) is 0 Å². The number of hydrogen-bond donors (Lipinski definition) is 1. The van der Waals surface area contributed by atoms with E-state index >= 15 is 0 Å². The maximum absolute atomic E-state index is 12.5. The molecule has 1 amide bonds. The molecule has 22 heavy (non-hydrogen) atoms. The molecule has 1 aromatic rings. The van der Waals surface area contributed by atoms with Crippen LogP contribution < -0.4 is 10.2 Å². The molecule has 4 nitrogen and oxygen atoms in total. The number of thioether (sulfide) groups is 1. The summed E-state index contributed by atoms with van der Waals surface area (Å²) in [7, 11) is 0. The highest BCUT2D eigenvalue weighted by molar-refractivity contribution is 9.10. The minimum Gasteiger partial charge on any atom is -0.367 e. The van der Waals surface area contributed by atoms with Crippen molar-refractivity contribution in [2.45, 2.75) is 24.9 Å². The SMILES string of the molecule is O=C([C@@H]1C[C@H](N2CCc3cc(Br)ccc32)CN1)N1CCSC1. The van der Waals surface area contributed by atoms with Gasteiger partial charge >= 0.3 is 0 Å². The Hall–Kier alpha value is -0.720. The van der Waals surface area contributed by atoms with Crippen LogP contribution in [0.3, 0.4) is 0 Å². The van der Waals surface area contributed by atoms with E-state index in [1.54, 1.807) is 0 Å². The van der Waals surface area contributed by atoms with Gasteiger partial charge in [0.25, 0.3) is 0 Å². The Balaban J connectivity index is 1.44. The summed E-state index contributed by atoms with van der Waals surface area (Å²) in [4.78, 5) is 17.0. The number of carbonyl (C=O) groups is 1. The molecule has 6 heteroatoms. The summed E-state index contributed by atoms with van der Waals surface area (Å²) in [6.45, 7) is 2.89. The van der Waals surface area contributed by atoms with Crippen molar-refractivity contribution in [1.29, 1.82) is 0 Å². The van der Waals surface area contributed by atoms with Crippen molar-refractivity contribution in [3.63, 3.8) is 0 Å². The number of nitrogens with zero attached hydrogens (tertiary/aromatic N) is 2. The van der Waals surface area contributed by atoms with Crippen LogP contribution in [0.5, 0.6) is 0 Å². The van der Waals surface area contributed by atoms with E-state index in [0.29, 0.717) is 11.9 Å². The number of rotatable bonds is 2. The molecule has 2 atom stereocenters. The van der Waals surface area contributed by atoms with Gasteiger partial charge in [-0.1, -0.05) is 15.9 Å². The molecule has 0 saturated carbocycles. The first kappa shape index (κ1) is 14.8. The molecule has 0 spiro atoms. The van der Waals surface area contributed by atoms with Gasteiger partial charge < -0.3 is 15.1 Å². The minimum atomic E-state index is 0.00296. The van der Waals surface area contributed by atoms with Gasteiger partial charge in [0, 0.05) is 41.6 Å². The number of hydrogen-bond acceptors (Lipinski definition) is 4. The van der Waals surface area contributed by atoms with Crippen LogP contribution in [0.4, 0.5) is 5.69 Å². The normalized spacial score (nSPS) is 27.5. The first-order valence-corrected chi connectivity index (χ1v) is 9.82. The molecule has 118 valence electrons. The molecular weight excluding hydrogens is 362 g/mol. The average molecular weight is 382 g/mol. The van der Waals surface area contributed by atoms with Crippen molar-refractivity contribution >= 4 is 39.3 Å². The third-order valence-electron chi connectivity index (χ3n) is 4.88. The summed E-state index contributed by atoms with van der Waals surface area (Å²) in [6, 6.07) is 6.99. The Morgan fingerprint density at radius 3 is 3.09 bits per heavy atom. The van der Waals surface area contributed by atoms with E-state index in [-0.39, 0.29) is 6.04 Å². The molecule has 0 bridgehead atoms. The quantitative estimate of drug-likeness (QED) is 0.850. The zero-order valence-corrected chi connectivity index (χ0v) is 14.8. The fourth-order valence-corrected chi connectivity index (χ4v) is 5.09. The van der Waals surface area contributed by atoms with Gasteiger partial charge in [0.2, 0.25) is 5.91 Å². The molecule has 3 aliphatic heterocycles.